The van der Waals surface area contributed by atoms with Gasteiger partial charge in [0.15, 0.2) is 4.32 Å². The summed E-state index contributed by atoms with van der Waals surface area (Å²) in [6.07, 6.45) is 5.11. The SMILES string of the molecule is C#CCSC(=S)NNc1ccccc1. The van der Waals surface area contributed by atoms with Crippen molar-refractivity contribution in [3.8, 4) is 12.3 Å². The van der Waals surface area contributed by atoms with Gasteiger partial charge in [-0.3, -0.25) is 10.9 Å². The fraction of sp³-hybridized carbons (Fsp3) is 0.100. The van der Waals surface area contributed by atoms with Crippen molar-refractivity contribution in [3.05, 3.63) is 30.3 Å². The van der Waals surface area contributed by atoms with Gasteiger partial charge in [0.1, 0.15) is 0 Å². The van der Waals surface area contributed by atoms with Gasteiger partial charge in [-0.2, -0.15) is 0 Å². The summed E-state index contributed by atoms with van der Waals surface area (Å²) in [5, 5.41) is 0. The van der Waals surface area contributed by atoms with Crippen LogP contribution in [0.1, 0.15) is 0 Å². The van der Waals surface area contributed by atoms with Crippen LogP contribution in [-0.4, -0.2) is 10.1 Å². The Balaban J connectivity index is 2.28. The van der Waals surface area contributed by atoms with Crippen LogP contribution < -0.4 is 10.9 Å². The highest BCUT2D eigenvalue weighted by Gasteiger charge is 1.94. The van der Waals surface area contributed by atoms with Gasteiger partial charge in [0.2, 0.25) is 0 Å². The molecule has 0 radical (unpaired) electrons. The first-order valence-electron chi connectivity index (χ1n) is 4.00. The molecule has 0 saturated heterocycles. The van der Waals surface area contributed by atoms with Gasteiger partial charge >= 0.3 is 0 Å². The molecular weight excluding hydrogens is 212 g/mol. The van der Waals surface area contributed by atoms with Crippen molar-refractivity contribution in [1.82, 2.24) is 5.43 Å². The third kappa shape index (κ3) is 4.17. The number of benzene rings is 1. The number of thiocarbonyl (C=S) groups is 1. The number of para-hydroxylation sites is 1. The van der Waals surface area contributed by atoms with Gasteiger partial charge < -0.3 is 0 Å². The Hall–Kier alpha value is -1.18. The molecule has 0 aliphatic carbocycles. The molecule has 2 nitrogen and oxygen atoms in total. The zero-order valence-electron chi connectivity index (χ0n) is 7.49. The van der Waals surface area contributed by atoms with Crippen LogP contribution in [0.4, 0.5) is 5.69 Å². The van der Waals surface area contributed by atoms with Gasteiger partial charge in [-0.15, -0.1) is 6.42 Å². The Morgan fingerprint density at radius 1 is 1.43 bits per heavy atom. The van der Waals surface area contributed by atoms with Gasteiger partial charge in [-0.25, -0.2) is 0 Å². The van der Waals surface area contributed by atoms with Crippen LogP contribution in [0.3, 0.4) is 0 Å². The minimum atomic E-state index is 0.586. The molecule has 1 rings (SSSR count). The zero-order valence-corrected chi connectivity index (χ0v) is 9.12. The Bertz CT molecular complexity index is 330. The lowest BCUT2D eigenvalue weighted by Crippen LogP contribution is -2.25. The summed E-state index contributed by atoms with van der Waals surface area (Å²) in [7, 11) is 0. The minimum Gasteiger partial charge on any atom is -0.300 e. The summed E-state index contributed by atoms with van der Waals surface area (Å²) in [5.74, 6) is 3.09. The fourth-order valence-electron chi connectivity index (χ4n) is 0.788. The van der Waals surface area contributed by atoms with E-state index in [0.717, 1.165) is 5.69 Å². The molecule has 0 aliphatic heterocycles. The molecule has 0 amide bonds. The van der Waals surface area contributed by atoms with Gasteiger partial charge in [0, 0.05) is 0 Å². The fourth-order valence-corrected chi connectivity index (χ4v) is 1.35. The van der Waals surface area contributed by atoms with Gasteiger partial charge in [0.25, 0.3) is 0 Å². The average Bonchev–Trinajstić information content (AvgIpc) is 2.25. The monoisotopic (exact) mass is 222 g/mol. The Morgan fingerprint density at radius 3 is 2.79 bits per heavy atom. The smallest absolute Gasteiger partial charge is 0.153 e. The average molecular weight is 222 g/mol. The molecular formula is C10H10N2S2. The molecule has 0 unspecified atom stereocenters. The third-order valence-corrected chi connectivity index (χ3v) is 2.50. The van der Waals surface area contributed by atoms with Crippen LogP contribution in [0, 0.1) is 12.3 Å². The van der Waals surface area contributed by atoms with E-state index >= 15 is 0 Å². The summed E-state index contributed by atoms with van der Waals surface area (Å²) in [6, 6.07) is 9.74. The van der Waals surface area contributed by atoms with Crippen LogP contribution in [-0.2, 0) is 0 Å². The van der Waals surface area contributed by atoms with E-state index in [4.69, 9.17) is 18.6 Å². The molecule has 0 saturated carbocycles. The topological polar surface area (TPSA) is 24.1 Å². The highest BCUT2D eigenvalue weighted by molar-refractivity contribution is 8.23. The van der Waals surface area contributed by atoms with Crippen molar-refractivity contribution in [2.75, 3.05) is 11.2 Å². The van der Waals surface area contributed by atoms with E-state index in [-0.39, 0.29) is 0 Å². The Morgan fingerprint density at radius 2 is 2.14 bits per heavy atom. The molecule has 0 aromatic heterocycles. The van der Waals surface area contributed by atoms with Crippen LogP contribution >= 0.6 is 24.0 Å². The van der Waals surface area contributed by atoms with Crippen molar-refractivity contribution in [2.45, 2.75) is 0 Å². The molecule has 1 aromatic rings. The second-order valence-electron chi connectivity index (χ2n) is 2.40. The molecule has 1 aromatic carbocycles. The summed E-state index contributed by atoms with van der Waals surface area (Å²) < 4.78 is 0.645. The second-order valence-corrected chi connectivity index (χ2v) is 4.05. The molecule has 0 spiro atoms. The van der Waals surface area contributed by atoms with Crippen LogP contribution in [0.25, 0.3) is 0 Å². The second kappa shape index (κ2) is 6.30. The maximum Gasteiger partial charge on any atom is 0.153 e. The lowest BCUT2D eigenvalue weighted by molar-refractivity contribution is 1.16. The normalized spacial score (nSPS) is 8.79. The first-order chi connectivity index (χ1) is 6.83. The molecule has 0 atom stereocenters. The van der Waals surface area contributed by atoms with E-state index in [2.05, 4.69) is 16.8 Å². The number of thioether (sulfide) groups is 1. The first kappa shape index (κ1) is 10.9. The molecule has 4 heteroatoms. The summed E-state index contributed by atoms with van der Waals surface area (Å²) >= 11 is 6.43. The van der Waals surface area contributed by atoms with Crippen molar-refractivity contribution < 1.29 is 0 Å². The first-order valence-corrected chi connectivity index (χ1v) is 5.39. The molecule has 72 valence electrons. The van der Waals surface area contributed by atoms with Crippen LogP contribution in [0.5, 0.6) is 0 Å². The molecule has 0 heterocycles. The van der Waals surface area contributed by atoms with Gasteiger partial charge in [-0.1, -0.05) is 48.1 Å². The number of hydrazine groups is 1. The third-order valence-electron chi connectivity index (χ3n) is 1.37. The minimum absolute atomic E-state index is 0.586. The van der Waals surface area contributed by atoms with Crippen molar-refractivity contribution in [1.29, 1.82) is 0 Å². The lowest BCUT2D eigenvalue weighted by atomic mass is 10.3. The van der Waals surface area contributed by atoms with Crippen molar-refractivity contribution >= 4 is 34.0 Å². The number of hydrogen-bond donors (Lipinski definition) is 2. The number of nitrogens with one attached hydrogen (secondary N) is 2. The maximum atomic E-state index is 5.11. The van der Waals surface area contributed by atoms with E-state index in [1.165, 1.54) is 11.8 Å². The van der Waals surface area contributed by atoms with E-state index in [1.54, 1.807) is 0 Å². The zero-order chi connectivity index (χ0) is 10.2. The number of anilines is 1. The van der Waals surface area contributed by atoms with Crippen molar-refractivity contribution in [2.24, 2.45) is 0 Å². The molecule has 2 N–H and O–H groups in total. The Labute approximate surface area is 93.4 Å². The molecule has 14 heavy (non-hydrogen) atoms. The van der Waals surface area contributed by atoms with Gasteiger partial charge in [0.05, 0.1) is 11.4 Å². The molecule has 0 aliphatic rings. The number of terminal acetylenes is 1. The lowest BCUT2D eigenvalue weighted by Gasteiger charge is -2.08. The van der Waals surface area contributed by atoms with E-state index in [9.17, 15) is 0 Å². The maximum absolute atomic E-state index is 5.11. The standard InChI is InChI=1S/C10H10N2S2/c1-2-8-14-10(13)12-11-9-6-4-3-5-7-9/h1,3-7,11H,8H2,(H,12,13). The predicted molar refractivity (Wildman–Crippen MR) is 67.1 cm³/mol. The molecule has 0 fully saturated rings. The van der Waals surface area contributed by atoms with Crippen molar-refractivity contribution in [3.63, 3.8) is 0 Å². The van der Waals surface area contributed by atoms with Gasteiger partial charge in [-0.05, 0) is 12.1 Å². The Kier molecular flexibility index (Phi) is 4.90. The molecule has 0 bridgehead atoms. The van der Waals surface area contributed by atoms with E-state index in [0.29, 0.717) is 10.1 Å². The number of rotatable bonds is 3. The summed E-state index contributed by atoms with van der Waals surface area (Å²) in [5.41, 5.74) is 6.82. The highest BCUT2D eigenvalue weighted by Crippen LogP contribution is 2.04. The van der Waals surface area contributed by atoms with Crippen LogP contribution in [0.15, 0.2) is 30.3 Å². The predicted octanol–water partition coefficient (Wildman–Crippen LogP) is 2.25. The van der Waals surface area contributed by atoms with E-state index < -0.39 is 0 Å². The largest absolute Gasteiger partial charge is 0.300 e. The highest BCUT2D eigenvalue weighted by atomic mass is 32.2. The van der Waals surface area contributed by atoms with E-state index in [1.807, 2.05) is 30.3 Å². The summed E-state index contributed by atoms with van der Waals surface area (Å²) in [6.45, 7) is 0. The quantitative estimate of drug-likeness (QED) is 0.465. The van der Waals surface area contributed by atoms with Crippen LogP contribution in [0.2, 0.25) is 0 Å². The number of hydrogen-bond acceptors (Lipinski definition) is 3. The summed E-state index contributed by atoms with van der Waals surface area (Å²) in [4.78, 5) is 0.